The molecule has 0 radical (unpaired) electrons. The molecule has 0 aliphatic carbocycles. The largest absolute Gasteiger partial charge is 0.481 e. The quantitative estimate of drug-likeness (QED) is 0.909. The van der Waals surface area contributed by atoms with Gasteiger partial charge in [0.05, 0.1) is 6.42 Å². The van der Waals surface area contributed by atoms with Crippen LogP contribution in [-0.4, -0.2) is 17.6 Å². The summed E-state index contributed by atoms with van der Waals surface area (Å²) in [5.74, 6) is -0.786. The first-order valence-corrected chi connectivity index (χ1v) is 6.70. The van der Waals surface area contributed by atoms with Crippen molar-refractivity contribution in [2.24, 2.45) is 5.73 Å². The Kier molecular flexibility index (Phi) is 7.40. The molecule has 0 saturated heterocycles. The van der Waals surface area contributed by atoms with Crippen molar-refractivity contribution in [3.63, 3.8) is 0 Å². The summed E-state index contributed by atoms with van der Waals surface area (Å²) in [5, 5.41) is 9.15. The minimum Gasteiger partial charge on any atom is -0.481 e. The molecule has 0 saturated carbocycles. The maximum Gasteiger partial charge on any atom is 0.307 e. The molecular formula is C16H18ClNO2. The van der Waals surface area contributed by atoms with Crippen LogP contribution in [0.1, 0.15) is 11.1 Å². The average Bonchev–Trinajstić information content (AvgIpc) is 2.40. The van der Waals surface area contributed by atoms with Crippen molar-refractivity contribution in [3.8, 4) is 0 Å². The van der Waals surface area contributed by atoms with Crippen LogP contribution in [0.4, 0.5) is 0 Å². The Morgan fingerprint density at radius 3 is 2.25 bits per heavy atom. The maximum atomic E-state index is 10.2. The van der Waals surface area contributed by atoms with Crippen LogP contribution >= 0.6 is 11.6 Å². The van der Waals surface area contributed by atoms with Gasteiger partial charge in [0.15, 0.2) is 0 Å². The molecule has 2 aromatic carbocycles. The molecule has 0 amide bonds. The van der Waals surface area contributed by atoms with Gasteiger partial charge < -0.3 is 10.8 Å². The van der Waals surface area contributed by atoms with Gasteiger partial charge in [-0.25, -0.2) is 0 Å². The lowest BCUT2D eigenvalue weighted by Crippen LogP contribution is -2.02. The van der Waals surface area contributed by atoms with Gasteiger partial charge in [-0.05, 0) is 36.2 Å². The monoisotopic (exact) mass is 291 g/mol. The number of halogens is 1. The van der Waals surface area contributed by atoms with Gasteiger partial charge in [-0.3, -0.25) is 4.79 Å². The molecule has 0 aromatic heterocycles. The van der Waals surface area contributed by atoms with E-state index in [4.69, 9.17) is 22.4 Å². The lowest BCUT2D eigenvalue weighted by atomic mass is 10.2. The molecule has 20 heavy (non-hydrogen) atoms. The third-order valence-corrected chi connectivity index (χ3v) is 2.76. The van der Waals surface area contributed by atoms with Gasteiger partial charge in [0, 0.05) is 5.02 Å². The Bertz CT molecular complexity index is 529. The molecule has 0 heterocycles. The number of rotatable bonds is 4. The zero-order valence-electron chi connectivity index (χ0n) is 11.1. The highest BCUT2D eigenvalue weighted by Crippen LogP contribution is 2.10. The van der Waals surface area contributed by atoms with E-state index in [0.29, 0.717) is 6.54 Å². The second-order valence-corrected chi connectivity index (χ2v) is 4.66. The molecule has 2 rings (SSSR count). The Balaban J connectivity index is 0.000000200. The van der Waals surface area contributed by atoms with Gasteiger partial charge in [-0.1, -0.05) is 54.1 Å². The van der Waals surface area contributed by atoms with Crippen LogP contribution in [0.3, 0.4) is 0 Å². The number of benzene rings is 2. The highest BCUT2D eigenvalue weighted by molar-refractivity contribution is 6.30. The number of carboxylic acids is 1. The van der Waals surface area contributed by atoms with E-state index in [2.05, 4.69) is 0 Å². The molecule has 0 atom stereocenters. The van der Waals surface area contributed by atoms with Crippen LogP contribution in [0.25, 0.3) is 0 Å². The first kappa shape index (κ1) is 16.2. The molecule has 106 valence electrons. The van der Waals surface area contributed by atoms with Crippen LogP contribution in [0.15, 0.2) is 54.6 Å². The summed E-state index contributed by atoms with van der Waals surface area (Å²) >= 11 is 5.74. The minimum absolute atomic E-state index is 0.112. The van der Waals surface area contributed by atoms with E-state index in [-0.39, 0.29) is 6.42 Å². The molecule has 0 bridgehead atoms. The van der Waals surface area contributed by atoms with E-state index < -0.39 is 5.97 Å². The predicted molar refractivity (Wildman–Crippen MR) is 82.0 cm³/mol. The summed E-state index contributed by atoms with van der Waals surface area (Å²) in [6.07, 6.45) is 1.02. The summed E-state index contributed by atoms with van der Waals surface area (Å²) in [5.41, 5.74) is 7.41. The molecule has 0 fully saturated rings. The van der Waals surface area contributed by atoms with E-state index in [1.165, 1.54) is 5.56 Å². The highest BCUT2D eigenvalue weighted by atomic mass is 35.5. The zero-order valence-corrected chi connectivity index (χ0v) is 11.9. The maximum absolute atomic E-state index is 10.2. The molecular weight excluding hydrogens is 274 g/mol. The van der Waals surface area contributed by atoms with Gasteiger partial charge >= 0.3 is 5.97 Å². The van der Waals surface area contributed by atoms with Gasteiger partial charge in [0.1, 0.15) is 0 Å². The van der Waals surface area contributed by atoms with Crippen molar-refractivity contribution in [3.05, 3.63) is 70.7 Å². The van der Waals surface area contributed by atoms with Crippen LogP contribution in [0.2, 0.25) is 5.02 Å². The molecule has 0 aliphatic heterocycles. The number of hydrogen-bond acceptors (Lipinski definition) is 2. The number of nitrogens with two attached hydrogens (primary N) is 1. The van der Waals surface area contributed by atoms with Gasteiger partial charge in [-0.2, -0.15) is 0 Å². The average molecular weight is 292 g/mol. The normalized spacial score (nSPS) is 9.50. The minimum atomic E-state index is -0.786. The molecule has 0 aliphatic rings. The van der Waals surface area contributed by atoms with Crippen molar-refractivity contribution < 1.29 is 9.90 Å². The molecule has 2 aromatic rings. The van der Waals surface area contributed by atoms with E-state index in [9.17, 15) is 4.79 Å². The fourth-order valence-electron chi connectivity index (χ4n) is 1.63. The lowest BCUT2D eigenvalue weighted by molar-refractivity contribution is -0.136. The number of carboxylic acid groups (broad SMARTS) is 1. The topological polar surface area (TPSA) is 63.3 Å². The van der Waals surface area contributed by atoms with Gasteiger partial charge in [0.25, 0.3) is 0 Å². The van der Waals surface area contributed by atoms with Crippen molar-refractivity contribution in [2.45, 2.75) is 12.8 Å². The van der Waals surface area contributed by atoms with Crippen LogP contribution in [-0.2, 0) is 17.6 Å². The molecule has 0 spiro atoms. The zero-order chi connectivity index (χ0) is 14.8. The summed E-state index contributed by atoms with van der Waals surface area (Å²) in [4.78, 5) is 10.2. The van der Waals surface area contributed by atoms with Crippen molar-refractivity contribution in [1.82, 2.24) is 0 Å². The molecule has 0 unspecified atom stereocenters. The van der Waals surface area contributed by atoms with Crippen LogP contribution in [0, 0.1) is 0 Å². The fourth-order valence-corrected chi connectivity index (χ4v) is 1.84. The Morgan fingerprint density at radius 2 is 1.70 bits per heavy atom. The van der Waals surface area contributed by atoms with Crippen LogP contribution in [0.5, 0.6) is 0 Å². The third kappa shape index (κ3) is 6.92. The standard InChI is InChI=1S/C8H10ClN.C8H8O2/c9-8-3-1-2-7(6-8)4-5-10;9-8(10)6-7-4-2-1-3-5-7/h1-3,6H,4-5,10H2;1-5H,6H2,(H,9,10). The number of aliphatic carboxylic acids is 1. The first-order valence-electron chi connectivity index (χ1n) is 6.32. The second-order valence-electron chi connectivity index (χ2n) is 4.22. The number of carbonyl (C=O) groups is 1. The molecule has 3 nitrogen and oxygen atoms in total. The fraction of sp³-hybridized carbons (Fsp3) is 0.188. The second kappa shape index (κ2) is 9.13. The smallest absolute Gasteiger partial charge is 0.307 e. The highest BCUT2D eigenvalue weighted by Gasteiger charge is 1.96. The summed E-state index contributed by atoms with van der Waals surface area (Å²) in [6, 6.07) is 16.9. The Hall–Kier alpha value is -1.84. The van der Waals surface area contributed by atoms with Crippen molar-refractivity contribution >= 4 is 17.6 Å². The first-order chi connectivity index (χ1) is 9.61. The van der Waals surface area contributed by atoms with Crippen LogP contribution < -0.4 is 5.73 Å². The van der Waals surface area contributed by atoms with E-state index in [1.54, 1.807) is 12.1 Å². The molecule has 4 heteroatoms. The van der Waals surface area contributed by atoms with Gasteiger partial charge in [-0.15, -0.1) is 0 Å². The van der Waals surface area contributed by atoms with E-state index in [0.717, 1.165) is 17.0 Å². The molecule has 3 N–H and O–H groups in total. The predicted octanol–water partition coefficient (Wildman–Crippen LogP) is 3.15. The van der Waals surface area contributed by atoms with Crippen molar-refractivity contribution in [2.75, 3.05) is 6.54 Å². The number of hydrogen-bond donors (Lipinski definition) is 2. The Morgan fingerprint density at radius 1 is 1.05 bits per heavy atom. The van der Waals surface area contributed by atoms with E-state index in [1.807, 2.05) is 42.5 Å². The summed E-state index contributed by atoms with van der Waals surface area (Å²) in [7, 11) is 0. The lowest BCUT2D eigenvalue weighted by Gasteiger charge is -1.96. The third-order valence-electron chi connectivity index (χ3n) is 2.52. The SMILES string of the molecule is NCCc1cccc(Cl)c1.O=C(O)Cc1ccccc1. The summed E-state index contributed by atoms with van der Waals surface area (Å²) < 4.78 is 0. The van der Waals surface area contributed by atoms with Crippen molar-refractivity contribution in [1.29, 1.82) is 0 Å². The summed E-state index contributed by atoms with van der Waals surface area (Å²) in [6.45, 7) is 0.681. The van der Waals surface area contributed by atoms with E-state index >= 15 is 0 Å². The Labute approximate surface area is 124 Å². The van der Waals surface area contributed by atoms with Gasteiger partial charge in [0.2, 0.25) is 0 Å².